The van der Waals surface area contributed by atoms with Crippen LogP contribution in [0, 0.1) is 6.92 Å². The molecule has 0 saturated heterocycles. The van der Waals surface area contributed by atoms with Crippen molar-refractivity contribution in [1.29, 1.82) is 0 Å². The number of carboxylic acid groups (broad SMARTS) is 1. The molecule has 0 aliphatic rings. The van der Waals surface area contributed by atoms with Crippen molar-refractivity contribution in [3.8, 4) is 0 Å². The molecule has 1 heterocycles. The van der Waals surface area contributed by atoms with Crippen LogP contribution in [0.3, 0.4) is 0 Å². The lowest BCUT2D eigenvalue weighted by Crippen LogP contribution is -2.49. The van der Waals surface area contributed by atoms with Crippen molar-refractivity contribution in [3.63, 3.8) is 0 Å². The van der Waals surface area contributed by atoms with Gasteiger partial charge in [-0.25, -0.2) is 0 Å². The van der Waals surface area contributed by atoms with Crippen LogP contribution in [0.5, 0.6) is 0 Å². The highest BCUT2D eigenvalue weighted by atomic mass is 16.5. The number of hydrogen-bond acceptors (Lipinski definition) is 4. The summed E-state index contributed by atoms with van der Waals surface area (Å²) in [5.41, 5.74) is -0.143. The zero-order valence-electron chi connectivity index (χ0n) is 10.1. The summed E-state index contributed by atoms with van der Waals surface area (Å²) in [7, 11) is 0. The second kappa shape index (κ2) is 4.65. The van der Waals surface area contributed by atoms with E-state index in [0.29, 0.717) is 13.1 Å². The molecule has 0 fully saturated rings. The van der Waals surface area contributed by atoms with Gasteiger partial charge in [-0.2, -0.15) is 0 Å². The number of aliphatic carboxylic acids is 1. The fourth-order valence-electron chi connectivity index (χ4n) is 1.53. The van der Waals surface area contributed by atoms with Gasteiger partial charge in [-0.1, -0.05) is 12.1 Å². The summed E-state index contributed by atoms with van der Waals surface area (Å²) in [4.78, 5) is 13.0. The van der Waals surface area contributed by atoms with E-state index < -0.39 is 11.5 Å². The minimum absolute atomic E-state index is 0.479. The molecule has 5 heteroatoms. The van der Waals surface area contributed by atoms with E-state index >= 15 is 0 Å². The summed E-state index contributed by atoms with van der Waals surface area (Å²) in [6.07, 6.45) is 0. The van der Waals surface area contributed by atoms with Crippen LogP contribution in [0.25, 0.3) is 0 Å². The Balaban J connectivity index is 2.80. The van der Waals surface area contributed by atoms with E-state index in [1.165, 1.54) is 0 Å². The number of carboxylic acids is 1. The van der Waals surface area contributed by atoms with E-state index in [-0.39, 0.29) is 0 Å². The van der Waals surface area contributed by atoms with Crippen molar-refractivity contribution >= 4 is 5.97 Å². The maximum absolute atomic E-state index is 11.1. The summed E-state index contributed by atoms with van der Waals surface area (Å²) in [5.74, 6) is -0.103. The molecule has 1 rings (SSSR count). The van der Waals surface area contributed by atoms with Crippen LogP contribution in [0.15, 0.2) is 10.6 Å². The summed E-state index contributed by atoms with van der Waals surface area (Å²) in [5, 5.41) is 13.0. The largest absolute Gasteiger partial charge is 0.480 e. The number of aromatic nitrogens is 1. The minimum Gasteiger partial charge on any atom is -0.480 e. The molecule has 0 aliphatic heterocycles. The average molecular weight is 226 g/mol. The Hall–Kier alpha value is -1.36. The molecule has 1 aromatic heterocycles. The van der Waals surface area contributed by atoms with Gasteiger partial charge < -0.3 is 9.63 Å². The summed E-state index contributed by atoms with van der Waals surface area (Å²) >= 11 is 0. The van der Waals surface area contributed by atoms with E-state index in [1.807, 2.05) is 24.8 Å². The highest BCUT2D eigenvalue weighted by Crippen LogP contribution is 2.17. The highest BCUT2D eigenvalue weighted by molar-refractivity contribution is 5.77. The van der Waals surface area contributed by atoms with Gasteiger partial charge in [0.2, 0.25) is 0 Å². The monoisotopic (exact) mass is 226 g/mol. The zero-order valence-corrected chi connectivity index (χ0v) is 10.1. The number of carbonyl (C=O) groups is 1. The van der Waals surface area contributed by atoms with E-state index in [0.717, 1.165) is 11.5 Å². The second-order valence-electron chi connectivity index (χ2n) is 4.31. The van der Waals surface area contributed by atoms with Crippen molar-refractivity contribution in [1.82, 2.24) is 10.1 Å². The maximum atomic E-state index is 11.1. The fourth-order valence-corrected chi connectivity index (χ4v) is 1.53. The number of nitrogens with zero attached hydrogens (tertiary/aromatic N) is 2. The maximum Gasteiger partial charge on any atom is 0.323 e. The minimum atomic E-state index is -0.901. The quantitative estimate of drug-likeness (QED) is 0.827. The molecule has 16 heavy (non-hydrogen) atoms. The molecule has 0 saturated carbocycles. The smallest absolute Gasteiger partial charge is 0.323 e. The molecule has 0 atom stereocenters. The average Bonchev–Trinajstić information content (AvgIpc) is 2.60. The van der Waals surface area contributed by atoms with Gasteiger partial charge in [0.1, 0.15) is 11.3 Å². The predicted molar refractivity (Wildman–Crippen MR) is 59.0 cm³/mol. The molecular weight excluding hydrogens is 208 g/mol. The zero-order chi connectivity index (χ0) is 12.3. The summed E-state index contributed by atoms with van der Waals surface area (Å²) < 4.78 is 4.96. The Morgan fingerprint density at radius 3 is 2.62 bits per heavy atom. The van der Waals surface area contributed by atoms with Crippen LogP contribution in [0.2, 0.25) is 0 Å². The molecule has 5 nitrogen and oxygen atoms in total. The Kier molecular flexibility index (Phi) is 3.70. The Morgan fingerprint density at radius 2 is 2.25 bits per heavy atom. The lowest BCUT2D eigenvalue weighted by atomic mass is 10.0. The fraction of sp³-hybridized carbons (Fsp3) is 0.636. The van der Waals surface area contributed by atoms with Gasteiger partial charge in [-0.15, -0.1) is 0 Å². The van der Waals surface area contributed by atoms with Crippen LogP contribution >= 0.6 is 0 Å². The van der Waals surface area contributed by atoms with Crippen LogP contribution < -0.4 is 0 Å². The molecule has 0 radical (unpaired) electrons. The first-order valence-corrected chi connectivity index (χ1v) is 5.28. The lowest BCUT2D eigenvalue weighted by molar-refractivity contribution is -0.149. The lowest BCUT2D eigenvalue weighted by Gasteiger charge is -2.33. The Bertz CT molecular complexity index is 371. The Morgan fingerprint density at radius 1 is 1.62 bits per heavy atom. The number of hydrogen-bond donors (Lipinski definition) is 1. The number of likely N-dealkylation sites (N-methyl/N-ethyl adjacent to an activating group) is 1. The second-order valence-corrected chi connectivity index (χ2v) is 4.31. The van der Waals surface area contributed by atoms with Gasteiger partial charge in [0.05, 0.1) is 5.69 Å². The Labute approximate surface area is 95.0 Å². The van der Waals surface area contributed by atoms with Crippen LogP contribution in [0.1, 0.15) is 32.2 Å². The van der Waals surface area contributed by atoms with Gasteiger partial charge in [-0.3, -0.25) is 9.69 Å². The molecular formula is C11H18N2O3. The van der Waals surface area contributed by atoms with Crippen molar-refractivity contribution in [2.24, 2.45) is 0 Å². The third-order valence-electron chi connectivity index (χ3n) is 2.73. The van der Waals surface area contributed by atoms with E-state index in [9.17, 15) is 4.79 Å². The van der Waals surface area contributed by atoms with E-state index in [4.69, 9.17) is 9.63 Å². The topological polar surface area (TPSA) is 66.6 Å². The third-order valence-corrected chi connectivity index (χ3v) is 2.73. The number of rotatable bonds is 5. The van der Waals surface area contributed by atoms with Gasteiger partial charge in [0.15, 0.2) is 0 Å². The summed E-state index contributed by atoms with van der Waals surface area (Å²) in [6.45, 7) is 8.24. The van der Waals surface area contributed by atoms with Gasteiger partial charge in [0.25, 0.3) is 0 Å². The molecule has 0 spiro atoms. The van der Waals surface area contributed by atoms with Crippen molar-refractivity contribution in [2.75, 3.05) is 6.54 Å². The standard InChI is InChI=1S/C11H18N2O3/c1-5-13(11(3,4)10(14)15)7-9-6-8(2)16-12-9/h6H,5,7H2,1-4H3,(H,14,15). The molecule has 0 unspecified atom stereocenters. The van der Waals surface area contributed by atoms with Crippen molar-refractivity contribution in [2.45, 2.75) is 39.8 Å². The van der Waals surface area contributed by atoms with Gasteiger partial charge >= 0.3 is 5.97 Å². The molecule has 1 aromatic rings. The predicted octanol–water partition coefficient (Wildman–Crippen LogP) is 1.67. The SMILES string of the molecule is CCN(Cc1cc(C)on1)C(C)(C)C(=O)O. The van der Waals surface area contributed by atoms with Gasteiger partial charge in [-0.05, 0) is 27.3 Å². The molecule has 0 amide bonds. The summed E-state index contributed by atoms with van der Waals surface area (Å²) in [6, 6.07) is 1.82. The van der Waals surface area contributed by atoms with Crippen LogP contribution in [-0.2, 0) is 11.3 Å². The van der Waals surface area contributed by atoms with Crippen molar-refractivity contribution in [3.05, 3.63) is 17.5 Å². The molecule has 1 N–H and O–H groups in total. The van der Waals surface area contributed by atoms with E-state index in [2.05, 4.69) is 5.16 Å². The molecule has 0 aromatic carbocycles. The van der Waals surface area contributed by atoms with Crippen LogP contribution in [0.4, 0.5) is 0 Å². The third kappa shape index (κ3) is 2.61. The highest BCUT2D eigenvalue weighted by Gasteiger charge is 2.33. The normalized spacial score (nSPS) is 12.1. The first-order valence-electron chi connectivity index (χ1n) is 5.28. The van der Waals surface area contributed by atoms with E-state index in [1.54, 1.807) is 13.8 Å². The first-order chi connectivity index (χ1) is 7.37. The van der Waals surface area contributed by atoms with Gasteiger partial charge in [0, 0.05) is 12.6 Å². The van der Waals surface area contributed by atoms with Crippen LogP contribution in [-0.4, -0.2) is 33.2 Å². The molecule has 0 bridgehead atoms. The molecule has 90 valence electrons. The number of aryl methyl sites for hydroxylation is 1. The first kappa shape index (κ1) is 12.7. The van der Waals surface area contributed by atoms with Crippen molar-refractivity contribution < 1.29 is 14.4 Å². The molecule has 0 aliphatic carbocycles.